The van der Waals surface area contributed by atoms with Crippen molar-refractivity contribution in [1.82, 2.24) is 0 Å². The lowest BCUT2D eigenvalue weighted by molar-refractivity contribution is -0.195. The van der Waals surface area contributed by atoms with E-state index in [1.54, 1.807) is 0 Å². The summed E-state index contributed by atoms with van der Waals surface area (Å²) < 4.78 is 11.6. The standard InChI is InChI=1S/C10H18O3/c1-8-9(7-11)13-10(12-8)5-3-2-4-6-10/h8-9,11H,2-7H2,1H3/t8-,9-/m0/s1. The topological polar surface area (TPSA) is 38.7 Å². The van der Waals surface area contributed by atoms with E-state index >= 15 is 0 Å². The Hall–Kier alpha value is -0.120. The van der Waals surface area contributed by atoms with Crippen LogP contribution in [0, 0.1) is 0 Å². The summed E-state index contributed by atoms with van der Waals surface area (Å²) in [6.45, 7) is 2.05. The summed E-state index contributed by atoms with van der Waals surface area (Å²) >= 11 is 0. The lowest BCUT2D eigenvalue weighted by Gasteiger charge is -2.31. The lowest BCUT2D eigenvalue weighted by Crippen LogP contribution is -2.33. The van der Waals surface area contributed by atoms with Crippen molar-refractivity contribution in [2.45, 2.75) is 57.0 Å². The van der Waals surface area contributed by atoms with Gasteiger partial charge in [-0.15, -0.1) is 0 Å². The first-order valence-electron chi connectivity index (χ1n) is 5.22. The number of rotatable bonds is 1. The maximum Gasteiger partial charge on any atom is 0.169 e. The second-order valence-electron chi connectivity index (χ2n) is 4.13. The maximum atomic E-state index is 9.05. The molecule has 13 heavy (non-hydrogen) atoms. The van der Waals surface area contributed by atoms with Crippen LogP contribution in [0.2, 0.25) is 0 Å². The molecule has 76 valence electrons. The molecule has 1 spiro atoms. The van der Waals surface area contributed by atoms with E-state index < -0.39 is 0 Å². The van der Waals surface area contributed by atoms with E-state index in [0.29, 0.717) is 0 Å². The smallest absolute Gasteiger partial charge is 0.169 e. The molecule has 0 amide bonds. The molecule has 0 aromatic carbocycles. The summed E-state index contributed by atoms with van der Waals surface area (Å²) in [5.74, 6) is -0.342. The van der Waals surface area contributed by atoms with Crippen LogP contribution in [-0.4, -0.2) is 29.7 Å². The predicted molar refractivity (Wildman–Crippen MR) is 48.3 cm³/mol. The largest absolute Gasteiger partial charge is 0.394 e. The second-order valence-corrected chi connectivity index (χ2v) is 4.13. The van der Waals surface area contributed by atoms with E-state index in [1.807, 2.05) is 6.92 Å². The molecular formula is C10H18O3. The van der Waals surface area contributed by atoms with Gasteiger partial charge in [0.15, 0.2) is 5.79 Å². The molecule has 3 nitrogen and oxygen atoms in total. The first kappa shape index (κ1) is 9.44. The Morgan fingerprint density at radius 1 is 1.23 bits per heavy atom. The minimum Gasteiger partial charge on any atom is -0.394 e. The van der Waals surface area contributed by atoms with Gasteiger partial charge in [0.1, 0.15) is 6.10 Å². The molecule has 1 heterocycles. The lowest BCUT2D eigenvalue weighted by atomic mass is 9.94. The first-order valence-corrected chi connectivity index (χ1v) is 5.22. The Labute approximate surface area is 79.0 Å². The molecule has 0 unspecified atom stereocenters. The monoisotopic (exact) mass is 186 g/mol. The summed E-state index contributed by atoms with van der Waals surface area (Å²) in [7, 11) is 0. The van der Waals surface area contributed by atoms with Crippen LogP contribution in [0.25, 0.3) is 0 Å². The Balaban J connectivity index is 2.01. The predicted octanol–water partition coefficient (Wildman–Crippen LogP) is 1.44. The summed E-state index contributed by atoms with van der Waals surface area (Å²) in [5, 5.41) is 9.05. The third kappa shape index (κ3) is 1.73. The average molecular weight is 186 g/mol. The third-order valence-electron chi connectivity index (χ3n) is 3.09. The van der Waals surface area contributed by atoms with E-state index in [2.05, 4.69) is 0 Å². The molecule has 0 bridgehead atoms. The van der Waals surface area contributed by atoms with Crippen LogP contribution >= 0.6 is 0 Å². The highest BCUT2D eigenvalue weighted by Gasteiger charge is 2.45. The van der Waals surface area contributed by atoms with Gasteiger partial charge in [0.25, 0.3) is 0 Å². The number of ether oxygens (including phenoxy) is 2. The molecule has 1 saturated heterocycles. The van der Waals surface area contributed by atoms with E-state index in [4.69, 9.17) is 14.6 Å². The Kier molecular flexibility index (Phi) is 2.58. The van der Waals surface area contributed by atoms with Gasteiger partial charge in [-0.1, -0.05) is 6.42 Å². The van der Waals surface area contributed by atoms with Crippen molar-refractivity contribution in [1.29, 1.82) is 0 Å². The Morgan fingerprint density at radius 3 is 2.46 bits per heavy atom. The zero-order chi connectivity index (χ0) is 9.31. The van der Waals surface area contributed by atoms with Crippen molar-refractivity contribution < 1.29 is 14.6 Å². The van der Waals surface area contributed by atoms with Crippen LogP contribution in [0.1, 0.15) is 39.0 Å². The van der Waals surface area contributed by atoms with Crippen LogP contribution in [0.15, 0.2) is 0 Å². The van der Waals surface area contributed by atoms with Crippen LogP contribution in [0.4, 0.5) is 0 Å². The fraction of sp³-hybridized carbons (Fsp3) is 1.00. The molecule has 0 aromatic heterocycles. The fourth-order valence-corrected chi connectivity index (χ4v) is 2.33. The maximum absolute atomic E-state index is 9.05. The minimum atomic E-state index is -0.342. The van der Waals surface area contributed by atoms with Crippen molar-refractivity contribution in [3.63, 3.8) is 0 Å². The molecule has 2 fully saturated rings. The molecular weight excluding hydrogens is 168 g/mol. The number of aliphatic hydroxyl groups is 1. The Bertz CT molecular complexity index is 175. The molecule has 0 radical (unpaired) electrons. The fourth-order valence-electron chi connectivity index (χ4n) is 2.33. The van der Waals surface area contributed by atoms with Gasteiger partial charge in [-0.2, -0.15) is 0 Å². The summed E-state index contributed by atoms with van der Waals surface area (Å²) in [4.78, 5) is 0. The number of hydrogen-bond acceptors (Lipinski definition) is 3. The quantitative estimate of drug-likeness (QED) is 0.673. The van der Waals surface area contributed by atoms with Crippen molar-refractivity contribution in [2.75, 3.05) is 6.61 Å². The zero-order valence-corrected chi connectivity index (χ0v) is 8.16. The van der Waals surface area contributed by atoms with Crippen LogP contribution in [-0.2, 0) is 9.47 Å². The molecule has 1 aliphatic carbocycles. The molecule has 3 heteroatoms. The van der Waals surface area contributed by atoms with Gasteiger partial charge in [0, 0.05) is 12.8 Å². The van der Waals surface area contributed by atoms with Crippen molar-refractivity contribution in [2.24, 2.45) is 0 Å². The second kappa shape index (κ2) is 3.56. The molecule has 1 saturated carbocycles. The highest BCUT2D eigenvalue weighted by molar-refractivity contribution is 4.85. The minimum absolute atomic E-state index is 0.0445. The van der Waals surface area contributed by atoms with Gasteiger partial charge in [0.05, 0.1) is 12.7 Å². The SMILES string of the molecule is C[C@@H]1OC2(CCCCC2)O[C@H]1CO. The normalized spacial score (nSPS) is 38.3. The van der Waals surface area contributed by atoms with Gasteiger partial charge in [-0.3, -0.25) is 0 Å². The highest BCUT2D eigenvalue weighted by Crippen LogP contribution is 2.40. The van der Waals surface area contributed by atoms with Gasteiger partial charge >= 0.3 is 0 Å². The van der Waals surface area contributed by atoms with Crippen LogP contribution < -0.4 is 0 Å². The number of aliphatic hydroxyl groups excluding tert-OH is 1. The van der Waals surface area contributed by atoms with Gasteiger partial charge in [-0.25, -0.2) is 0 Å². The molecule has 2 atom stereocenters. The highest BCUT2D eigenvalue weighted by atomic mass is 16.8. The third-order valence-corrected chi connectivity index (χ3v) is 3.09. The van der Waals surface area contributed by atoms with Crippen LogP contribution in [0.3, 0.4) is 0 Å². The van der Waals surface area contributed by atoms with Gasteiger partial charge in [0.2, 0.25) is 0 Å². The van der Waals surface area contributed by atoms with Crippen molar-refractivity contribution >= 4 is 0 Å². The zero-order valence-electron chi connectivity index (χ0n) is 8.16. The van der Waals surface area contributed by atoms with E-state index in [1.165, 1.54) is 19.3 Å². The molecule has 0 aromatic rings. The average Bonchev–Trinajstić information content (AvgIpc) is 2.44. The van der Waals surface area contributed by atoms with Gasteiger partial charge in [-0.05, 0) is 19.8 Å². The molecule has 2 rings (SSSR count). The summed E-state index contributed by atoms with van der Waals surface area (Å²) in [6, 6.07) is 0. The van der Waals surface area contributed by atoms with E-state index in [-0.39, 0.29) is 24.6 Å². The Morgan fingerprint density at radius 2 is 1.92 bits per heavy atom. The van der Waals surface area contributed by atoms with E-state index in [0.717, 1.165) is 12.8 Å². The van der Waals surface area contributed by atoms with Gasteiger partial charge < -0.3 is 14.6 Å². The van der Waals surface area contributed by atoms with E-state index in [9.17, 15) is 0 Å². The van der Waals surface area contributed by atoms with Crippen molar-refractivity contribution in [3.8, 4) is 0 Å². The van der Waals surface area contributed by atoms with Crippen molar-refractivity contribution in [3.05, 3.63) is 0 Å². The molecule has 1 aliphatic heterocycles. The van der Waals surface area contributed by atoms with Crippen LogP contribution in [0.5, 0.6) is 0 Å². The molecule has 2 aliphatic rings. The molecule has 1 N–H and O–H groups in total. The number of hydrogen-bond donors (Lipinski definition) is 1. The first-order chi connectivity index (χ1) is 6.26. The summed E-state index contributed by atoms with van der Waals surface area (Å²) in [5.41, 5.74) is 0. The summed E-state index contributed by atoms with van der Waals surface area (Å²) in [6.07, 6.45) is 5.57.